The van der Waals surface area contributed by atoms with Gasteiger partial charge in [-0.1, -0.05) is 44.2 Å². The van der Waals surface area contributed by atoms with Crippen molar-refractivity contribution < 1.29 is 4.79 Å². The molecule has 0 fully saturated rings. The summed E-state index contributed by atoms with van der Waals surface area (Å²) in [6, 6.07) is 13.9. The van der Waals surface area contributed by atoms with Gasteiger partial charge in [-0.25, -0.2) is 4.98 Å². The highest BCUT2D eigenvalue weighted by Crippen LogP contribution is 2.15. The summed E-state index contributed by atoms with van der Waals surface area (Å²) < 4.78 is 0. The summed E-state index contributed by atoms with van der Waals surface area (Å²) in [5.74, 6) is 0.981. The average Bonchev–Trinajstić information content (AvgIpc) is 2.66. The first kappa shape index (κ1) is 19.0. The lowest BCUT2D eigenvalue weighted by Gasteiger charge is -2.24. The molecule has 0 aliphatic carbocycles. The van der Waals surface area contributed by atoms with Gasteiger partial charge in [0, 0.05) is 32.4 Å². The van der Waals surface area contributed by atoms with Crippen LogP contribution in [0.2, 0.25) is 0 Å². The maximum Gasteiger partial charge on any atom is 0.255 e. The number of hydrogen-bond acceptors (Lipinski definition) is 3. The molecule has 0 aliphatic heterocycles. The molecule has 0 spiro atoms. The van der Waals surface area contributed by atoms with Crippen LogP contribution in [0, 0.1) is 0 Å². The van der Waals surface area contributed by atoms with Gasteiger partial charge < -0.3 is 9.80 Å². The van der Waals surface area contributed by atoms with Gasteiger partial charge in [0.05, 0.1) is 5.56 Å². The largest absolute Gasteiger partial charge is 0.357 e. The predicted molar refractivity (Wildman–Crippen MR) is 104 cm³/mol. The zero-order chi connectivity index (χ0) is 18.1. The normalized spacial score (nSPS) is 10.5. The van der Waals surface area contributed by atoms with Crippen LogP contribution in [0.25, 0.3) is 0 Å². The monoisotopic (exact) mass is 339 g/mol. The molecule has 0 aliphatic rings. The summed E-state index contributed by atoms with van der Waals surface area (Å²) in [5.41, 5.74) is 1.79. The van der Waals surface area contributed by atoms with Gasteiger partial charge in [0.1, 0.15) is 5.82 Å². The van der Waals surface area contributed by atoms with Crippen LogP contribution in [0.15, 0.2) is 48.7 Å². The van der Waals surface area contributed by atoms with E-state index in [1.54, 1.807) is 6.20 Å². The molecule has 4 nitrogen and oxygen atoms in total. The minimum Gasteiger partial charge on any atom is -0.357 e. The van der Waals surface area contributed by atoms with Gasteiger partial charge in [-0.15, -0.1) is 0 Å². The van der Waals surface area contributed by atoms with Gasteiger partial charge in [-0.3, -0.25) is 4.79 Å². The smallest absolute Gasteiger partial charge is 0.255 e. The molecule has 0 saturated heterocycles. The number of hydrogen-bond donors (Lipinski definition) is 0. The zero-order valence-corrected chi connectivity index (χ0v) is 15.6. The lowest BCUT2D eigenvalue weighted by atomic mass is 10.2. The third kappa shape index (κ3) is 5.31. The maximum atomic E-state index is 12.8. The van der Waals surface area contributed by atoms with Crippen molar-refractivity contribution in [2.45, 2.75) is 40.2 Å². The molecule has 134 valence electrons. The summed E-state index contributed by atoms with van der Waals surface area (Å²) in [4.78, 5) is 21.4. The van der Waals surface area contributed by atoms with E-state index in [-0.39, 0.29) is 5.91 Å². The minimum atomic E-state index is 0.0305. The number of carbonyl (C=O) groups is 1. The highest BCUT2D eigenvalue weighted by Gasteiger charge is 2.15. The van der Waals surface area contributed by atoms with E-state index in [2.05, 4.69) is 23.7 Å². The Kier molecular flexibility index (Phi) is 7.45. The van der Waals surface area contributed by atoms with Crippen LogP contribution in [-0.2, 0) is 6.54 Å². The summed E-state index contributed by atoms with van der Waals surface area (Å²) in [6.45, 7) is 9.62. The van der Waals surface area contributed by atoms with E-state index in [0.29, 0.717) is 18.7 Å². The van der Waals surface area contributed by atoms with Crippen molar-refractivity contribution in [1.82, 2.24) is 9.88 Å². The van der Waals surface area contributed by atoms with Gasteiger partial charge >= 0.3 is 0 Å². The number of carbonyl (C=O) groups excluding carboxylic acids is 1. The third-order valence-electron chi connectivity index (χ3n) is 4.19. The number of benzene rings is 1. The second-order valence-electron chi connectivity index (χ2n) is 6.20. The number of rotatable bonds is 9. The van der Waals surface area contributed by atoms with Crippen LogP contribution in [-0.4, -0.2) is 35.4 Å². The topological polar surface area (TPSA) is 36.4 Å². The minimum absolute atomic E-state index is 0.0305. The molecule has 4 heteroatoms. The standard InChI is InChI=1S/C21H29N3O/c1-4-14-24(15-5-2)20-13-12-19(16-22-20)21(25)23(6-3)17-18-10-8-7-9-11-18/h7-13,16H,4-6,14-15,17H2,1-3H3. The molecule has 0 atom stereocenters. The Balaban J connectivity index is 2.10. The van der Waals surface area contributed by atoms with E-state index in [4.69, 9.17) is 0 Å². The molecule has 2 aromatic rings. The Labute approximate surface area is 151 Å². The van der Waals surface area contributed by atoms with Crippen LogP contribution in [0.3, 0.4) is 0 Å². The molecule has 0 saturated carbocycles. The molecule has 0 N–H and O–H groups in total. The second-order valence-corrected chi connectivity index (χ2v) is 6.20. The molecule has 2 rings (SSSR count). The van der Waals surface area contributed by atoms with Gasteiger partial charge in [-0.2, -0.15) is 0 Å². The average molecular weight is 339 g/mol. The van der Waals surface area contributed by atoms with Gasteiger partial charge in [-0.05, 0) is 37.5 Å². The summed E-state index contributed by atoms with van der Waals surface area (Å²) in [7, 11) is 0. The molecule has 25 heavy (non-hydrogen) atoms. The van der Waals surface area contributed by atoms with Crippen molar-refractivity contribution in [3.63, 3.8) is 0 Å². The van der Waals surface area contributed by atoms with Crippen LogP contribution >= 0.6 is 0 Å². The van der Waals surface area contributed by atoms with Crippen LogP contribution in [0.5, 0.6) is 0 Å². The third-order valence-corrected chi connectivity index (χ3v) is 4.19. The van der Waals surface area contributed by atoms with Crippen LogP contribution in [0.4, 0.5) is 5.82 Å². The first-order chi connectivity index (χ1) is 12.2. The molecule has 1 heterocycles. The van der Waals surface area contributed by atoms with Crippen LogP contribution in [0.1, 0.15) is 49.5 Å². The lowest BCUT2D eigenvalue weighted by Crippen LogP contribution is -2.30. The maximum absolute atomic E-state index is 12.8. The summed E-state index contributed by atoms with van der Waals surface area (Å²) in [6.07, 6.45) is 3.88. The zero-order valence-electron chi connectivity index (χ0n) is 15.6. The Morgan fingerprint density at radius 1 is 0.960 bits per heavy atom. The molecule has 0 bridgehead atoms. The van der Waals surface area contributed by atoms with Gasteiger partial charge in [0.2, 0.25) is 0 Å². The van der Waals surface area contributed by atoms with Crippen molar-refractivity contribution in [2.24, 2.45) is 0 Å². The molecule has 1 aromatic heterocycles. The fourth-order valence-corrected chi connectivity index (χ4v) is 2.89. The number of pyridine rings is 1. The SMILES string of the molecule is CCCN(CCC)c1ccc(C(=O)N(CC)Cc2ccccc2)cn1. The van der Waals surface area contributed by atoms with E-state index in [1.807, 2.05) is 54.3 Å². The molecule has 1 aromatic carbocycles. The molecule has 0 radical (unpaired) electrons. The van der Waals surface area contributed by atoms with Crippen molar-refractivity contribution in [1.29, 1.82) is 0 Å². The van der Waals surface area contributed by atoms with Crippen molar-refractivity contribution in [3.05, 3.63) is 59.8 Å². The Morgan fingerprint density at radius 2 is 1.64 bits per heavy atom. The first-order valence-corrected chi connectivity index (χ1v) is 9.23. The Bertz CT molecular complexity index is 634. The lowest BCUT2D eigenvalue weighted by molar-refractivity contribution is 0.0752. The number of aromatic nitrogens is 1. The van der Waals surface area contributed by atoms with E-state index >= 15 is 0 Å². The predicted octanol–water partition coefficient (Wildman–Crippen LogP) is 4.37. The molecular weight excluding hydrogens is 310 g/mol. The van der Waals surface area contributed by atoms with E-state index in [0.717, 1.165) is 37.3 Å². The van der Waals surface area contributed by atoms with Crippen LogP contribution < -0.4 is 4.90 Å². The second kappa shape index (κ2) is 9.82. The highest BCUT2D eigenvalue weighted by atomic mass is 16.2. The summed E-state index contributed by atoms with van der Waals surface area (Å²) in [5, 5.41) is 0. The molecule has 0 unspecified atom stereocenters. The highest BCUT2D eigenvalue weighted by molar-refractivity contribution is 5.94. The Morgan fingerprint density at radius 3 is 2.16 bits per heavy atom. The van der Waals surface area contributed by atoms with E-state index in [9.17, 15) is 4.79 Å². The first-order valence-electron chi connectivity index (χ1n) is 9.23. The number of amides is 1. The molecule has 1 amide bonds. The van der Waals surface area contributed by atoms with Crippen molar-refractivity contribution in [3.8, 4) is 0 Å². The quantitative estimate of drug-likeness (QED) is 0.680. The van der Waals surface area contributed by atoms with Gasteiger partial charge in [0.15, 0.2) is 0 Å². The van der Waals surface area contributed by atoms with Gasteiger partial charge in [0.25, 0.3) is 5.91 Å². The Hall–Kier alpha value is -2.36. The molecular formula is C21H29N3O. The van der Waals surface area contributed by atoms with Crippen molar-refractivity contribution in [2.75, 3.05) is 24.5 Å². The number of nitrogens with zero attached hydrogens (tertiary/aromatic N) is 3. The number of anilines is 1. The van der Waals surface area contributed by atoms with Crippen molar-refractivity contribution >= 4 is 11.7 Å². The van der Waals surface area contributed by atoms with E-state index in [1.165, 1.54) is 0 Å². The fraction of sp³-hybridized carbons (Fsp3) is 0.429. The fourth-order valence-electron chi connectivity index (χ4n) is 2.89. The summed E-state index contributed by atoms with van der Waals surface area (Å²) >= 11 is 0. The van der Waals surface area contributed by atoms with E-state index < -0.39 is 0 Å².